The van der Waals surface area contributed by atoms with Crippen LogP contribution in [0.1, 0.15) is 39.2 Å². The SMILES string of the molecule is Cc1ccc(CN(C)C(=O)C(C)NC(=O)C(C)(C)C)o1. The van der Waals surface area contributed by atoms with Crippen molar-refractivity contribution < 1.29 is 14.0 Å². The third kappa shape index (κ3) is 4.40. The molecule has 5 nitrogen and oxygen atoms in total. The Labute approximate surface area is 120 Å². The maximum Gasteiger partial charge on any atom is 0.245 e. The van der Waals surface area contributed by atoms with Crippen LogP contribution in [-0.2, 0) is 16.1 Å². The second kappa shape index (κ2) is 6.11. The smallest absolute Gasteiger partial charge is 0.245 e. The molecule has 0 radical (unpaired) electrons. The van der Waals surface area contributed by atoms with Crippen molar-refractivity contribution in [2.45, 2.75) is 47.2 Å². The first-order chi connectivity index (χ1) is 9.11. The number of carbonyl (C=O) groups excluding carboxylic acids is 2. The summed E-state index contributed by atoms with van der Waals surface area (Å²) in [6.07, 6.45) is 0. The van der Waals surface area contributed by atoms with Gasteiger partial charge in [0.15, 0.2) is 0 Å². The van der Waals surface area contributed by atoms with E-state index in [9.17, 15) is 9.59 Å². The van der Waals surface area contributed by atoms with Crippen LogP contribution in [0.2, 0.25) is 0 Å². The topological polar surface area (TPSA) is 62.6 Å². The fraction of sp³-hybridized carbons (Fsp3) is 0.600. The summed E-state index contributed by atoms with van der Waals surface area (Å²) in [5.41, 5.74) is -0.509. The highest BCUT2D eigenvalue weighted by Gasteiger charge is 2.26. The van der Waals surface area contributed by atoms with Crippen molar-refractivity contribution in [3.8, 4) is 0 Å². The zero-order valence-corrected chi connectivity index (χ0v) is 13.1. The van der Waals surface area contributed by atoms with Gasteiger partial charge in [-0.05, 0) is 26.0 Å². The van der Waals surface area contributed by atoms with Crippen molar-refractivity contribution in [3.05, 3.63) is 23.7 Å². The van der Waals surface area contributed by atoms with Crippen LogP contribution < -0.4 is 5.32 Å². The van der Waals surface area contributed by atoms with E-state index in [0.29, 0.717) is 6.54 Å². The quantitative estimate of drug-likeness (QED) is 0.918. The summed E-state index contributed by atoms with van der Waals surface area (Å²) in [6, 6.07) is 3.15. The first-order valence-electron chi connectivity index (χ1n) is 6.72. The number of hydrogen-bond donors (Lipinski definition) is 1. The van der Waals surface area contributed by atoms with Crippen molar-refractivity contribution in [1.82, 2.24) is 10.2 Å². The molecule has 1 unspecified atom stereocenters. The Balaban J connectivity index is 2.58. The number of likely N-dealkylation sites (N-methyl/N-ethyl adjacent to an activating group) is 1. The normalized spacial score (nSPS) is 12.9. The summed E-state index contributed by atoms with van der Waals surface area (Å²) in [7, 11) is 1.69. The van der Waals surface area contributed by atoms with Gasteiger partial charge in [-0.1, -0.05) is 20.8 Å². The van der Waals surface area contributed by atoms with Crippen molar-refractivity contribution in [1.29, 1.82) is 0 Å². The lowest BCUT2D eigenvalue weighted by Crippen LogP contribution is -2.48. The predicted molar refractivity (Wildman–Crippen MR) is 77.0 cm³/mol. The number of carbonyl (C=O) groups is 2. The number of hydrogen-bond acceptors (Lipinski definition) is 3. The second-order valence-corrected chi connectivity index (χ2v) is 6.15. The molecule has 0 saturated heterocycles. The largest absolute Gasteiger partial charge is 0.464 e. The number of nitrogens with one attached hydrogen (secondary N) is 1. The highest BCUT2D eigenvalue weighted by atomic mass is 16.3. The molecule has 1 aromatic rings. The molecule has 1 aromatic heterocycles. The molecule has 0 aliphatic heterocycles. The molecule has 0 fully saturated rings. The van der Waals surface area contributed by atoms with Crippen LogP contribution in [0.15, 0.2) is 16.5 Å². The van der Waals surface area contributed by atoms with Gasteiger partial charge in [-0.25, -0.2) is 0 Å². The van der Waals surface area contributed by atoms with Gasteiger partial charge in [-0.15, -0.1) is 0 Å². The van der Waals surface area contributed by atoms with E-state index in [0.717, 1.165) is 11.5 Å². The molecular formula is C15H24N2O3. The molecule has 1 heterocycles. The fourth-order valence-electron chi connectivity index (χ4n) is 1.69. The average Bonchev–Trinajstić information content (AvgIpc) is 2.72. The lowest BCUT2D eigenvalue weighted by atomic mass is 9.95. The minimum absolute atomic E-state index is 0.138. The van der Waals surface area contributed by atoms with E-state index in [1.807, 2.05) is 39.8 Å². The van der Waals surface area contributed by atoms with Gasteiger partial charge in [0.2, 0.25) is 11.8 Å². The first kappa shape index (κ1) is 16.3. The number of amides is 2. The van der Waals surface area contributed by atoms with Crippen LogP contribution in [-0.4, -0.2) is 29.8 Å². The Morgan fingerprint density at radius 2 is 1.95 bits per heavy atom. The monoisotopic (exact) mass is 280 g/mol. The Hall–Kier alpha value is -1.78. The standard InChI is InChI=1S/C15H24N2O3/c1-10-7-8-12(20-10)9-17(6)13(18)11(2)16-14(19)15(3,4)5/h7-8,11H,9H2,1-6H3,(H,16,19). The Kier molecular flexibility index (Phi) is 4.98. The van der Waals surface area contributed by atoms with Crippen LogP contribution in [0.25, 0.3) is 0 Å². The van der Waals surface area contributed by atoms with Crippen LogP contribution in [0.3, 0.4) is 0 Å². The van der Waals surface area contributed by atoms with E-state index >= 15 is 0 Å². The molecule has 0 aliphatic rings. The van der Waals surface area contributed by atoms with E-state index in [-0.39, 0.29) is 11.8 Å². The van der Waals surface area contributed by atoms with Crippen molar-refractivity contribution in [2.75, 3.05) is 7.05 Å². The minimum atomic E-state index is -0.553. The van der Waals surface area contributed by atoms with Crippen LogP contribution in [0.5, 0.6) is 0 Å². The van der Waals surface area contributed by atoms with Gasteiger partial charge in [0.1, 0.15) is 17.6 Å². The lowest BCUT2D eigenvalue weighted by Gasteiger charge is -2.24. The summed E-state index contributed by atoms with van der Waals surface area (Å²) in [4.78, 5) is 25.6. The summed E-state index contributed by atoms with van der Waals surface area (Å²) in [5, 5.41) is 2.73. The summed E-state index contributed by atoms with van der Waals surface area (Å²) in [5.74, 6) is 1.26. The molecular weight excluding hydrogens is 256 g/mol. The van der Waals surface area contributed by atoms with E-state index in [2.05, 4.69) is 5.32 Å². The van der Waals surface area contributed by atoms with Crippen molar-refractivity contribution >= 4 is 11.8 Å². The predicted octanol–water partition coefficient (Wildman–Crippen LogP) is 2.10. The highest BCUT2D eigenvalue weighted by Crippen LogP contribution is 2.13. The molecule has 112 valence electrons. The molecule has 0 spiro atoms. The van der Waals surface area contributed by atoms with Crippen LogP contribution in [0.4, 0.5) is 0 Å². The molecule has 20 heavy (non-hydrogen) atoms. The summed E-state index contributed by atoms with van der Waals surface area (Å²) >= 11 is 0. The van der Waals surface area contributed by atoms with Gasteiger partial charge in [0.25, 0.3) is 0 Å². The van der Waals surface area contributed by atoms with Gasteiger partial charge in [0, 0.05) is 12.5 Å². The molecule has 1 atom stereocenters. The van der Waals surface area contributed by atoms with Crippen LogP contribution in [0, 0.1) is 12.3 Å². The zero-order chi connectivity index (χ0) is 15.5. The first-order valence-corrected chi connectivity index (χ1v) is 6.72. The van der Waals surface area contributed by atoms with E-state index in [1.54, 1.807) is 18.9 Å². The van der Waals surface area contributed by atoms with E-state index < -0.39 is 11.5 Å². The summed E-state index contributed by atoms with van der Waals surface area (Å²) in [6.45, 7) is 9.38. The van der Waals surface area contributed by atoms with Gasteiger partial charge >= 0.3 is 0 Å². The highest BCUT2D eigenvalue weighted by molar-refractivity contribution is 5.89. The van der Waals surface area contributed by atoms with Gasteiger partial charge in [-0.2, -0.15) is 0 Å². The van der Waals surface area contributed by atoms with Gasteiger partial charge in [0.05, 0.1) is 6.54 Å². The average molecular weight is 280 g/mol. The molecule has 0 aliphatic carbocycles. The molecule has 2 amide bonds. The number of nitrogens with zero attached hydrogens (tertiary/aromatic N) is 1. The van der Waals surface area contributed by atoms with Gasteiger partial charge in [-0.3, -0.25) is 9.59 Å². The zero-order valence-electron chi connectivity index (χ0n) is 13.1. The van der Waals surface area contributed by atoms with Crippen molar-refractivity contribution in [3.63, 3.8) is 0 Å². The number of rotatable bonds is 4. The molecule has 1 N–H and O–H groups in total. The third-order valence-electron chi connectivity index (χ3n) is 2.96. The molecule has 5 heteroatoms. The van der Waals surface area contributed by atoms with Crippen molar-refractivity contribution in [2.24, 2.45) is 5.41 Å². The minimum Gasteiger partial charge on any atom is -0.464 e. The Morgan fingerprint density at radius 1 is 1.35 bits per heavy atom. The third-order valence-corrected chi connectivity index (χ3v) is 2.96. The lowest BCUT2D eigenvalue weighted by molar-refractivity contribution is -0.137. The molecule has 0 aromatic carbocycles. The maximum absolute atomic E-state index is 12.2. The van der Waals surface area contributed by atoms with E-state index in [1.165, 1.54) is 0 Å². The summed E-state index contributed by atoms with van der Waals surface area (Å²) < 4.78 is 5.44. The molecule has 0 saturated carbocycles. The fourth-order valence-corrected chi connectivity index (χ4v) is 1.69. The van der Waals surface area contributed by atoms with E-state index in [4.69, 9.17) is 4.42 Å². The number of furan rings is 1. The number of aryl methyl sites for hydroxylation is 1. The maximum atomic E-state index is 12.2. The Bertz CT molecular complexity index is 486. The molecule has 1 rings (SSSR count). The van der Waals surface area contributed by atoms with Gasteiger partial charge < -0.3 is 14.6 Å². The molecule has 0 bridgehead atoms. The second-order valence-electron chi connectivity index (χ2n) is 6.15. The Morgan fingerprint density at radius 3 is 2.40 bits per heavy atom. The van der Waals surface area contributed by atoms with Crippen LogP contribution >= 0.6 is 0 Å².